The van der Waals surface area contributed by atoms with Crippen molar-refractivity contribution in [2.45, 2.75) is 17.9 Å². The summed E-state index contributed by atoms with van der Waals surface area (Å²) in [6.45, 7) is 3.26. The van der Waals surface area contributed by atoms with Crippen LogP contribution in [-0.2, 0) is 10.0 Å². The predicted octanol–water partition coefficient (Wildman–Crippen LogP) is 1.06. The fourth-order valence-corrected chi connectivity index (χ4v) is 4.63. The molecule has 0 radical (unpaired) electrons. The van der Waals surface area contributed by atoms with E-state index < -0.39 is 10.0 Å². The van der Waals surface area contributed by atoms with Crippen LogP contribution in [0.2, 0.25) is 0 Å². The predicted molar refractivity (Wildman–Crippen MR) is 85.8 cm³/mol. The molecule has 3 rings (SSSR count). The highest BCUT2D eigenvalue weighted by Gasteiger charge is 2.36. The van der Waals surface area contributed by atoms with E-state index in [1.807, 2.05) is 24.3 Å². The largest absolute Gasteiger partial charge is 0.496 e. The summed E-state index contributed by atoms with van der Waals surface area (Å²) in [5, 5.41) is 9.80. The summed E-state index contributed by atoms with van der Waals surface area (Å²) in [7, 11) is -2.04. The fraction of sp³-hybridized carbons (Fsp3) is 0.400. The van der Waals surface area contributed by atoms with Crippen molar-refractivity contribution in [2.75, 3.05) is 26.7 Å². The van der Waals surface area contributed by atoms with E-state index in [0.717, 1.165) is 5.56 Å². The molecule has 1 aliphatic rings. The number of H-pyrrole nitrogens is 1. The number of piperazine rings is 1. The summed E-state index contributed by atoms with van der Waals surface area (Å²) >= 11 is 0. The van der Waals surface area contributed by atoms with Gasteiger partial charge < -0.3 is 10.1 Å². The number of methoxy groups -OCH3 is 1. The van der Waals surface area contributed by atoms with E-state index in [4.69, 9.17) is 4.74 Å². The summed E-state index contributed by atoms with van der Waals surface area (Å²) in [5.74, 6) is 0.685. The molecule has 2 heterocycles. The average Bonchev–Trinajstić information content (AvgIpc) is 3.01. The van der Waals surface area contributed by atoms with E-state index in [1.165, 1.54) is 10.5 Å². The van der Waals surface area contributed by atoms with Crippen molar-refractivity contribution in [1.29, 1.82) is 0 Å². The Morgan fingerprint density at radius 1 is 1.35 bits per heavy atom. The normalized spacial score (nSPS) is 19.7. The lowest BCUT2D eigenvalue weighted by Crippen LogP contribution is -2.48. The van der Waals surface area contributed by atoms with Crippen LogP contribution in [0, 0.1) is 6.92 Å². The molecule has 8 heteroatoms. The van der Waals surface area contributed by atoms with Crippen LogP contribution in [0.5, 0.6) is 5.75 Å². The summed E-state index contributed by atoms with van der Waals surface area (Å²) in [6, 6.07) is 7.19. The number of hydrogen-bond acceptors (Lipinski definition) is 5. The number of para-hydroxylation sites is 1. The van der Waals surface area contributed by atoms with E-state index >= 15 is 0 Å². The highest BCUT2D eigenvalue weighted by Crippen LogP contribution is 2.34. The first-order valence-electron chi connectivity index (χ1n) is 7.41. The summed E-state index contributed by atoms with van der Waals surface area (Å²) in [6.07, 6.45) is 1.37. The van der Waals surface area contributed by atoms with Gasteiger partial charge in [0.05, 0.1) is 25.0 Å². The van der Waals surface area contributed by atoms with Crippen molar-refractivity contribution in [3.63, 3.8) is 0 Å². The quantitative estimate of drug-likeness (QED) is 0.872. The van der Waals surface area contributed by atoms with E-state index in [1.54, 1.807) is 14.0 Å². The SMILES string of the molecule is COc1ccccc1C1CNCCN1S(=O)(=O)c1cn[nH]c1C. The second-order valence-electron chi connectivity index (χ2n) is 5.44. The van der Waals surface area contributed by atoms with Crippen LogP contribution in [0.25, 0.3) is 0 Å². The number of aromatic amines is 1. The number of ether oxygens (including phenoxy) is 1. The number of benzene rings is 1. The van der Waals surface area contributed by atoms with Gasteiger partial charge in [0.15, 0.2) is 0 Å². The fourth-order valence-electron chi connectivity index (χ4n) is 2.91. The monoisotopic (exact) mass is 336 g/mol. The maximum Gasteiger partial charge on any atom is 0.247 e. The Hall–Kier alpha value is -1.90. The van der Waals surface area contributed by atoms with E-state index in [9.17, 15) is 8.42 Å². The van der Waals surface area contributed by atoms with Crippen molar-refractivity contribution in [3.05, 3.63) is 41.7 Å². The molecular formula is C15H20N4O3S. The lowest BCUT2D eigenvalue weighted by molar-refractivity contribution is 0.264. The van der Waals surface area contributed by atoms with Crippen LogP contribution >= 0.6 is 0 Å². The van der Waals surface area contributed by atoms with Gasteiger partial charge in [-0.3, -0.25) is 5.10 Å². The molecule has 0 spiro atoms. The molecule has 2 aromatic rings. The van der Waals surface area contributed by atoms with Gasteiger partial charge in [0.25, 0.3) is 0 Å². The summed E-state index contributed by atoms with van der Waals surface area (Å²) in [5.41, 5.74) is 1.40. The van der Waals surface area contributed by atoms with Crippen LogP contribution in [-0.4, -0.2) is 49.7 Å². The lowest BCUT2D eigenvalue weighted by atomic mass is 10.0. The van der Waals surface area contributed by atoms with Gasteiger partial charge in [-0.15, -0.1) is 0 Å². The van der Waals surface area contributed by atoms with Crippen LogP contribution in [0.1, 0.15) is 17.3 Å². The van der Waals surface area contributed by atoms with E-state index in [-0.39, 0.29) is 10.9 Å². The maximum absolute atomic E-state index is 13.0. The number of sulfonamides is 1. The van der Waals surface area contributed by atoms with Gasteiger partial charge in [-0.2, -0.15) is 9.40 Å². The minimum atomic E-state index is -3.63. The van der Waals surface area contributed by atoms with Gasteiger partial charge in [-0.25, -0.2) is 8.42 Å². The van der Waals surface area contributed by atoms with Gasteiger partial charge in [0, 0.05) is 25.2 Å². The Morgan fingerprint density at radius 2 is 2.13 bits per heavy atom. The van der Waals surface area contributed by atoms with Crippen molar-refractivity contribution in [1.82, 2.24) is 19.8 Å². The minimum Gasteiger partial charge on any atom is -0.496 e. The highest BCUT2D eigenvalue weighted by atomic mass is 32.2. The minimum absolute atomic E-state index is 0.222. The molecule has 1 unspecified atom stereocenters. The molecule has 1 atom stereocenters. The highest BCUT2D eigenvalue weighted by molar-refractivity contribution is 7.89. The van der Waals surface area contributed by atoms with E-state index in [2.05, 4.69) is 15.5 Å². The third-order valence-corrected chi connectivity index (χ3v) is 6.08. The van der Waals surface area contributed by atoms with Gasteiger partial charge in [0.1, 0.15) is 10.6 Å². The molecule has 0 saturated carbocycles. The van der Waals surface area contributed by atoms with Crippen LogP contribution < -0.4 is 10.1 Å². The van der Waals surface area contributed by atoms with E-state index in [0.29, 0.717) is 31.1 Å². The van der Waals surface area contributed by atoms with Gasteiger partial charge in [-0.05, 0) is 13.0 Å². The number of aryl methyl sites for hydroxylation is 1. The molecule has 124 valence electrons. The van der Waals surface area contributed by atoms with Crippen molar-refractivity contribution in [2.24, 2.45) is 0 Å². The molecule has 23 heavy (non-hydrogen) atoms. The number of nitrogens with one attached hydrogen (secondary N) is 2. The lowest BCUT2D eigenvalue weighted by Gasteiger charge is -2.35. The van der Waals surface area contributed by atoms with Crippen LogP contribution in [0.4, 0.5) is 0 Å². The second kappa shape index (κ2) is 6.31. The average molecular weight is 336 g/mol. The molecule has 0 aliphatic carbocycles. The van der Waals surface area contributed by atoms with Crippen LogP contribution in [0.15, 0.2) is 35.4 Å². The Balaban J connectivity index is 2.04. The number of nitrogens with zero attached hydrogens (tertiary/aromatic N) is 2. The maximum atomic E-state index is 13.0. The Bertz CT molecular complexity index is 788. The molecular weight excluding hydrogens is 316 g/mol. The standard InChI is InChI=1S/C15H20N4O3S/c1-11-15(10-17-18-11)23(20,21)19-8-7-16-9-13(19)12-5-3-4-6-14(12)22-2/h3-6,10,13,16H,7-9H2,1-2H3,(H,17,18). The first kappa shape index (κ1) is 16.0. The smallest absolute Gasteiger partial charge is 0.247 e. The zero-order chi connectivity index (χ0) is 16.4. The molecule has 1 aromatic carbocycles. The topological polar surface area (TPSA) is 87.3 Å². The Labute approximate surface area is 135 Å². The molecule has 0 amide bonds. The zero-order valence-electron chi connectivity index (χ0n) is 13.1. The number of hydrogen-bond donors (Lipinski definition) is 2. The third-order valence-electron chi connectivity index (χ3n) is 4.06. The van der Waals surface area contributed by atoms with Crippen molar-refractivity contribution >= 4 is 10.0 Å². The first-order valence-corrected chi connectivity index (χ1v) is 8.85. The Kier molecular flexibility index (Phi) is 4.38. The first-order chi connectivity index (χ1) is 11.1. The number of aromatic nitrogens is 2. The van der Waals surface area contributed by atoms with Crippen LogP contribution in [0.3, 0.4) is 0 Å². The van der Waals surface area contributed by atoms with Gasteiger partial charge in [0.2, 0.25) is 10.0 Å². The summed E-state index contributed by atoms with van der Waals surface area (Å²) < 4.78 is 33.0. The summed E-state index contributed by atoms with van der Waals surface area (Å²) in [4.78, 5) is 0.222. The molecule has 1 aliphatic heterocycles. The molecule has 1 aromatic heterocycles. The van der Waals surface area contributed by atoms with Gasteiger partial charge >= 0.3 is 0 Å². The Morgan fingerprint density at radius 3 is 2.83 bits per heavy atom. The molecule has 1 fully saturated rings. The zero-order valence-corrected chi connectivity index (χ0v) is 13.9. The molecule has 2 N–H and O–H groups in total. The molecule has 7 nitrogen and oxygen atoms in total. The number of rotatable bonds is 4. The van der Waals surface area contributed by atoms with Crippen molar-refractivity contribution < 1.29 is 13.2 Å². The third kappa shape index (κ3) is 2.85. The second-order valence-corrected chi connectivity index (χ2v) is 7.30. The molecule has 1 saturated heterocycles. The van der Waals surface area contributed by atoms with Crippen molar-refractivity contribution in [3.8, 4) is 5.75 Å². The molecule has 0 bridgehead atoms. The van der Waals surface area contributed by atoms with Gasteiger partial charge in [-0.1, -0.05) is 18.2 Å².